The molecule has 0 bridgehead atoms. The number of rotatable bonds is 5. The minimum atomic E-state index is -0.977. The highest BCUT2D eigenvalue weighted by Gasteiger charge is 2.72. The molecule has 31 heavy (non-hydrogen) atoms. The van der Waals surface area contributed by atoms with Crippen LogP contribution in [0.3, 0.4) is 0 Å². The van der Waals surface area contributed by atoms with Crippen molar-refractivity contribution in [1.29, 1.82) is 0 Å². The van der Waals surface area contributed by atoms with Crippen molar-refractivity contribution in [3.8, 4) is 0 Å². The quantitative estimate of drug-likeness (QED) is 0.290. The number of carbonyl (C=O) groups is 3. The molecule has 0 spiro atoms. The Bertz CT molecular complexity index is 1080. The van der Waals surface area contributed by atoms with Crippen molar-refractivity contribution in [2.45, 2.75) is 24.7 Å². The lowest BCUT2D eigenvalue weighted by Crippen LogP contribution is -2.55. The van der Waals surface area contributed by atoms with Gasteiger partial charge < -0.3 is 30.7 Å². The number of hydrogen-bond donors (Lipinski definition) is 3. The van der Waals surface area contributed by atoms with E-state index in [4.69, 9.17) is 15.2 Å². The molecular formula is C21H21IN4O5. The fraction of sp³-hybridized carbons (Fsp3) is 0.381. The van der Waals surface area contributed by atoms with Crippen LogP contribution in [0.25, 0.3) is 0 Å². The summed E-state index contributed by atoms with van der Waals surface area (Å²) in [5.41, 5.74) is 6.15. The van der Waals surface area contributed by atoms with Gasteiger partial charge in [-0.3, -0.25) is 9.59 Å². The molecule has 4 aliphatic rings. The fourth-order valence-electron chi connectivity index (χ4n) is 5.12. The highest BCUT2D eigenvalue weighted by Crippen LogP contribution is 2.55. The molecule has 1 aromatic rings. The first-order valence-electron chi connectivity index (χ1n) is 9.87. The van der Waals surface area contributed by atoms with Crippen LogP contribution in [0.5, 0.6) is 0 Å². The van der Waals surface area contributed by atoms with Crippen molar-refractivity contribution in [2.75, 3.05) is 25.6 Å². The van der Waals surface area contributed by atoms with Crippen LogP contribution in [0.4, 0.5) is 10.5 Å². The zero-order chi connectivity index (χ0) is 22.1. The van der Waals surface area contributed by atoms with Crippen molar-refractivity contribution in [2.24, 2.45) is 11.7 Å². The molecule has 0 aromatic heterocycles. The van der Waals surface area contributed by atoms with Crippen molar-refractivity contribution in [1.82, 2.24) is 10.2 Å². The van der Waals surface area contributed by atoms with Gasteiger partial charge in [-0.2, -0.15) is 0 Å². The molecule has 2 saturated heterocycles. The van der Waals surface area contributed by atoms with Gasteiger partial charge in [0, 0.05) is 40.1 Å². The van der Waals surface area contributed by atoms with E-state index in [1.807, 2.05) is 29.2 Å². The van der Waals surface area contributed by atoms with Crippen LogP contribution in [0.1, 0.15) is 6.92 Å². The summed E-state index contributed by atoms with van der Waals surface area (Å²) in [5, 5.41) is 6.46. The molecule has 3 heterocycles. The van der Waals surface area contributed by atoms with Gasteiger partial charge in [0.05, 0.1) is 23.4 Å². The van der Waals surface area contributed by atoms with E-state index in [0.29, 0.717) is 29.1 Å². The van der Waals surface area contributed by atoms with E-state index >= 15 is 0 Å². The number of hydrogen-bond acceptors (Lipinski definition) is 8. The number of methoxy groups -OCH3 is 1. The Morgan fingerprint density at radius 3 is 2.68 bits per heavy atom. The zero-order valence-corrected chi connectivity index (χ0v) is 19.1. The van der Waals surface area contributed by atoms with Gasteiger partial charge in [-0.15, -0.1) is 0 Å². The van der Waals surface area contributed by atoms with Crippen molar-refractivity contribution in [3.05, 3.63) is 50.4 Å². The van der Waals surface area contributed by atoms with E-state index < -0.39 is 17.7 Å². The number of fused-ring (bicyclic) bond motifs is 4. The smallest absolute Gasteiger partial charge is 0.404 e. The molecule has 9 nitrogen and oxygen atoms in total. The largest absolute Gasteiger partial charge is 0.449 e. The summed E-state index contributed by atoms with van der Waals surface area (Å²) in [5.74, 6) is -1.18. The second-order valence-electron chi connectivity index (χ2n) is 8.05. The molecule has 5 rings (SSSR count). The van der Waals surface area contributed by atoms with Crippen molar-refractivity contribution >= 4 is 45.9 Å². The van der Waals surface area contributed by atoms with Crippen LogP contribution in [0, 0.1) is 9.49 Å². The van der Waals surface area contributed by atoms with Crippen LogP contribution < -0.4 is 16.4 Å². The maximum Gasteiger partial charge on any atom is 0.404 e. The molecule has 1 unspecified atom stereocenters. The standard InChI is InChI=1S/C21H21IN4O5/c1-9-15(24-11-5-3-10(22)4-6-11)18(28)14-12(8-31-20(23)29)21(30-2)19-13(25-19)7-26(21)16(14)17(9)27/h3-6,12-13,19,24-25H,7-8H2,1-2H3,(H2,23,29)/t12-,13+,19+,21?/m0/s1. The number of nitrogens with two attached hydrogens (primary N) is 1. The highest BCUT2D eigenvalue weighted by molar-refractivity contribution is 14.1. The predicted octanol–water partition coefficient (Wildman–Crippen LogP) is 1.11. The molecule has 4 N–H and O–H groups in total. The molecule has 2 fully saturated rings. The van der Waals surface area contributed by atoms with Crippen LogP contribution in [-0.2, 0) is 19.1 Å². The lowest BCUT2D eigenvalue weighted by molar-refractivity contribution is -0.137. The normalized spacial score (nSPS) is 30.9. The van der Waals surface area contributed by atoms with Gasteiger partial charge in [0.1, 0.15) is 6.61 Å². The molecule has 4 atom stereocenters. The fourth-order valence-corrected chi connectivity index (χ4v) is 5.48. The van der Waals surface area contributed by atoms with E-state index in [-0.39, 0.29) is 36.0 Å². The third-order valence-electron chi connectivity index (χ3n) is 6.54. The number of nitrogens with zero attached hydrogens (tertiary/aromatic N) is 1. The summed E-state index contributed by atoms with van der Waals surface area (Å²) in [4.78, 5) is 40.4. The lowest BCUT2D eigenvalue weighted by atomic mass is 9.82. The Labute approximate surface area is 192 Å². The van der Waals surface area contributed by atoms with E-state index in [1.54, 1.807) is 14.0 Å². The monoisotopic (exact) mass is 536 g/mol. The van der Waals surface area contributed by atoms with Crippen molar-refractivity contribution < 1.29 is 23.9 Å². The summed E-state index contributed by atoms with van der Waals surface area (Å²) >= 11 is 2.20. The van der Waals surface area contributed by atoms with Gasteiger partial charge in [0.25, 0.3) is 0 Å². The number of carbonyl (C=O) groups excluding carboxylic acids is 3. The van der Waals surface area contributed by atoms with E-state index in [1.165, 1.54) is 0 Å². The molecule has 1 amide bonds. The van der Waals surface area contributed by atoms with Gasteiger partial charge in [0.15, 0.2) is 5.72 Å². The first-order chi connectivity index (χ1) is 14.8. The zero-order valence-electron chi connectivity index (χ0n) is 16.9. The molecule has 0 radical (unpaired) electrons. The Morgan fingerprint density at radius 1 is 1.32 bits per heavy atom. The molecular weight excluding hydrogens is 515 g/mol. The van der Waals surface area contributed by atoms with Crippen LogP contribution in [0.2, 0.25) is 0 Å². The number of primary amides is 1. The Morgan fingerprint density at radius 2 is 2.03 bits per heavy atom. The third-order valence-corrected chi connectivity index (χ3v) is 7.26. The van der Waals surface area contributed by atoms with Crippen LogP contribution in [-0.4, -0.2) is 60.6 Å². The highest BCUT2D eigenvalue weighted by atomic mass is 127. The summed E-state index contributed by atoms with van der Waals surface area (Å²) in [7, 11) is 1.55. The van der Waals surface area contributed by atoms with Crippen LogP contribution >= 0.6 is 22.6 Å². The minimum Gasteiger partial charge on any atom is -0.449 e. The summed E-state index contributed by atoms with van der Waals surface area (Å²) in [6.07, 6.45) is -0.941. The van der Waals surface area contributed by atoms with Crippen molar-refractivity contribution in [3.63, 3.8) is 0 Å². The number of Topliss-reactive ketones (excluding diaryl/α,β-unsaturated/α-hetero) is 2. The second kappa shape index (κ2) is 7.04. The Hall–Kier alpha value is -2.44. The van der Waals surface area contributed by atoms with Gasteiger partial charge in [-0.05, 0) is 53.8 Å². The van der Waals surface area contributed by atoms with E-state index in [9.17, 15) is 14.4 Å². The Kier molecular flexibility index (Phi) is 4.65. The topological polar surface area (TPSA) is 133 Å². The number of benzene rings is 1. The summed E-state index contributed by atoms with van der Waals surface area (Å²) in [6, 6.07) is 7.60. The molecule has 10 heteroatoms. The number of allylic oxidation sites excluding steroid dienone is 2. The minimum absolute atomic E-state index is 0.0712. The van der Waals surface area contributed by atoms with Gasteiger partial charge >= 0.3 is 6.09 Å². The third kappa shape index (κ3) is 2.84. The maximum absolute atomic E-state index is 13.7. The lowest BCUT2D eigenvalue weighted by Gasteiger charge is -2.39. The number of amides is 1. The summed E-state index contributed by atoms with van der Waals surface area (Å²) in [6.45, 7) is 2.03. The predicted molar refractivity (Wildman–Crippen MR) is 119 cm³/mol. The SMILES string of the molecule is COC12[C@@H]3N[C@@H]3CN1C1=C(C(=O)C(Nc3ccc(I)cc3)=C(C)C1=O)[C@@H]2COC(N)=O. The maximum atomic E-state index is 13.7. The first-order valence-corrected chi connectivity index (χ1v) is 11.0. The first kappa shape index (κ1) is 20.5. The molecule has 0 saturated carbocycles. The average molecular weight is 536 g/mol. The second-order valence-corrected chi connectivity index (χ2v) is 9.30. The average Bonchev–Trinajstić information content (AvgIpc) is 3.35. The molecule has 1 aliphatic carbocycles. The molecule has 1 aromatic carbocycles. The molecule has 162 valence electrons. The Balaban J connectivity index is 1.56. The number of ether oxygens (including phenoxy) is 2. The van der Waals surface area contributed by atoms with E-state index in [2.05, 4.69) is 33.2 Å². The number of piperazine rings is 1. The van der Waals surface area contributed by atoms with Gasteiger partial charge in [0.2, 0.25) is 11.6 Å². The number of anilines is 1. The van der Waals surface area contributed by atoms with Gasteiger partial charge in [-0.25, -0.2) is 4.79 Å². The summed E-state index contributed by atoms with van der Waals surface area (Å²) < 4.78 is 12.1. The van der Waals surface area contributed by atoms with Gasteiger partial charge in [-0.1, -0.05) is 0 Å². The van der Waals surface area contributed by atoms with Crippen LogP contribution in [0.15, 0.2) is 46.8 Å². The molecule has 3 aliphatic heterocycles. The number of ketones is 2. The number of nitrogens with one attached hydrogen (secondary N) is 2. The number of halogens is 1. The van der Waals surface area contributed by atoms with E-state index in [0.717, 1.165) is 3.57 Å².